The zero-order valence-corrected chi connectivity index (χ0v) is 7.81. The number of carboxylic acid groups (broad SMARTS) is 1. The number of aliphatic carboxylic acids is 1. The predicted molar refractivity (Wildman–Crippen MR) is 43.2 cm³/mol. The van der Waals surface area contributed by atoms with Gasteiger partial charge in [-0.1, -0.05) is 0 Å². The molecular formula is C7H4BrF2NO2. The van der Waals surface area contributed by atoms with E-state index < -0.39 is 29.6 Å². The fourth-order valence-corrected chi connectivity index (χ4v) is 1.13. The molecule has 0 amide bonds. The Hall–Kier alpha value is -1.04. The first-order chi connectivity index (χ1) is 6.02. The first-order valence-corrected chi connectivity index (χ1v) is 4.02. The van der Waals surface area contributed by atoms with E-state index in [9.17, 15) is 13.6 Å². The highest BCUT2D eigenvalue weighted by atomic mass is 79.9. The lowest BCUT2D eigenvalue weighted by atomic mass is 10.2. The third kappa shape index (κ3) is 2.21. The minimum absolute atomic E-state index is 0.190. The van der Waals surface area contributed by atoms with Gasteiger partial charge in [-0.2, -0.15) is 0 Å². The molecule has 13 heavy (non-hydrogen) atoms. The van der Waals surface area contributed by atoms with Crippen LogP contribution in [-0.2, 0) is 11.2 Å². The van der Waals surface area contributed by atoms with Crippen molar-refractivity contribution in [2.75, 3.05) is 0 Å². The molecule has 0 aliphatic rings. The summed E-state index contributed by atoms with van der Waals surface area (Å²) in [4.78, 5) is 13.5. The van der Waals surface area contributed by atoms with Gasteiger partial charge in [0.15, 0.2) is 5.82 Å². The Bertz CT molecular complexity index is 357. The van der Waals surface area contributed by atoms with E-state index >= 15 is 0 Å². The molecule has 0 spiro atoms. The maximum atomic E-state index is 13.0. The van der Waals surface area contributed by atoms with Crippen molar-refractivity contribution >= 4 is 21.9 Å². The van der Waals surface area contributed by atoms with Crippen LogP contribution in [-0.4, -0.2) is 16.1 Å². The molecule has 0 unspecified atom stereocenters. The number of hydrogen-bond acceptors (Lipinski definition) is 2. The van der Waals surface area contributed by atoms with Crippen LogP contribution >= 0.6 is 15.9 Å². The number of rotatable bonds is 2. The van der Waals surface area contributed by atoms with Crippen LogP contribution in [0.5, 0.6) is 0 Å². The monoisotopic (exact) mass is 251 g/mol. The number of halogens is 3. The van der Waals surface area contributed by atoms with Gasteiger partial charge in [-0.3, -0.25) is 4.79 Å². The fourth-order valence-electron chi connectivity index (χ4n) is 0.791. The molecule has 6 heteroatoms. The number of pyridine rings is 1. The first-order valence-electron chi connectivity index (χ1n) is 3.22. The van der Waals surface area contributed by atoms with Gasteiger partial charge in [-0.15, -0.1) is 0 Å². The summed E-state index contributed by atoms with van der Waals surface area (Å²) in [6.07, 6.45) is 0.0736. The molecule has 0 radical (unpaired) electrons. The van der Waals surface area contributed by atoms with E-state index in [0.717, 1.165) is 6.20 Å². The molecule has 0 saturated carbocycles. The molecule has 1 aromatic heterocycles. The summed E-state index contributed by atoms with van der Waals surface area (Å²) < 4.78 is 25.6. The van der Waals surface area contributed by atoms with Crippen molar-refractivity contribution in [1.29, 1.82) is 0 Å². The average molecular weight is 252 g/mol. The van der Waals surface area contributed by atoms with Crippen molar-refractivity contribution in [3.05, 3.63) is 28.0 Å². The van der Waals surface area contributed by atoms with E-state index in [4.69, 9.17) is 5.11 Å². The Morgan fingerprint density at radius 1 is 1.62 bits per heavy atom. The Morgan fingerprint density at radius 2 is 2.23 bits per heavy atom. The van der Waals surface area contributed by atoms with Gasteiger partial charge in [0.2, 0.25) is 0 Å². The topological polar surface area (TPSA) is 50.2 Å². The highest BCUT2D eigenvalue weighted by Crippen LogP contribution is 2.19. The number of aromatic nitrogens is 1. The van der Waals surface area contributed by atoms with Gasteiger partial charge in [-0.05, 0) is 15.9 Å². The standard InChI is InChI=1S/C7H4BrF2NO2/c8-7-6(10)3(1-5(12)13)4(9)2-11-7/h2H,1H2,(H,12,13). The van der Waals surface area contributed by atoms with Gasteiger partial charge in [-0.25, -0.2) is 13.8 Å². The molecule has 1 aromatic rings. The maximum Gasteiger partial charge on any atom is 0.308 e. The lowest BCUT2D eigenvalue weighted by molar-refractivity contribution is -0.136. The van der Waals surface area contributed by atoms with Gasteiger partial charge in [0.05, 0.1) is 12.6 Å². The zero-order valence-electron chi connectivity index (χ0n) is 6.22. The predicted octanol–water partition coefficient (Wildman–Crippen LogP) is 1.75. The smallest absolute Gasteiger partial charge is 0.308 e. The van der Waals surface area contributed by atoms with Crippen LogP contribution < -0.4 is 0 Å². The number of hydrogen-bond donors (Lipinski definition) is 1. The maximum absolute atomic E-state index is 13.0. The summed E-state index contributed by atoms with van der Waals surface area (Å²) in [5, 5.41) is 8.34. The lowest BCUT2D eigenvalue weighted by Gasteiger charge is -2.01. The molecule has 0 aromatic carbocycles. The quantitative estimate of drug-likeness (QED) is 0.815. The second-order valence-electron chi connectivity index (χ2n) is 2.26. The molecule has 0 aliphatic heterocycles. The van der Waals surface area contributed by atoms with Gasteiger partial charge in [0.1, 0.15) is 10.4 Å². The Kier molecular flexibility index (Phi) is 2.92. The van der Waals surface area contributed by atoms with E-state index in [2.05, 4.69) is 20.9 Å². The molecule has 0 bridgehead atoms. The largest absolute Gasteiger partial charge is 0.481 e. The van der Waals surface area contributed by atoms with Gasteiger partial charge in [0, 0.05) is 5.56 Å². The van der Waals surface area contributed by atoms with Crippen molar-refractivity contribution in [3.63, 3.8) is 0 Å². The lowest BCUT2D eigenvalue weighted by Crippen LogP contribution is -2.06. The van der Waals surface area contributed by atoms with E-state index in [0.29, 0.717) is 0 Å². The summed E-state index contributed by atoms with van der Waals surface area (Å²) in [6, 6.07) is 0. The van der Waals surface area contributed by atoms with Gasteiger partial charge < -0.3 is 5.11 Å². The third-order valence-corrected chi connectivity index (χ3v) is 1.91. The molecule has 0 aliphatic carbocycles. The van der Waals surface area contributed by atoms with Crippen LogP contribution in [0.1, 0.15) is 5.56 Å². The second kappa shape index (κ2) is 3.78. The zero-order chi connectivity index (χ0) is 10.0. The Labute approximate surface area is 80.5 Å². The van der Waals surface area contributed by atoms with Crippen LogP contribution in [0.2, 0.25) is 0 Å². The molecule has 1 rings (SSSR count). The molecule has 3 nitrogen and oxygen atoms in total. The molecule has 1 heterocycles. The first kappa shape index (κ1) is 10.0. The van der Waals surface area contributed by atoms with Crippen LogP contribution in [0, 0.1) is 11.6 Å². The van der Waals surface area contributed by atoms with Crippen LogP contribution in [0.25, 0.3) is 0 Å². The highest BCUT2D eigenvalue weighted by Gasteiger charge is 2.15. The van der Waals surface area contributed by atoms with E-state index in [1.54, 1.807) is 0 Å². The number of carbonyl (C=O) groups is 1. The van der Waals surface area contributed by atoms with Crippen LogP contribution in [0.3, 0.4) is 0 Å². The number of nitrogens with zero attached hydrogens (tertiary/aromatic N) is 1. The summed E-state index contributed by atoms with van der Waals surface area (Å²) >= 11 is 2.72. The van der Waals surface area contributed by atoms with E-state index in [-0.39, 0.29) is 4.60 Å². The van der Waals surface area contributed by atoms with Gasteiger partial charge >= 0.3 is 5.97 Å². The highest BCUT2D eigenvalue weighted by molar-refractivity contribution is 9.10. The number of carboxylic acids is 1. The summed E-state index contributed by atoms with van der Waals surface area (Å²) in [6.45, 7) is 0. The minimum Gasteiger partial charge on any atom is -0.481 e. The Morgan fingerprint density at radius 3 is 2.77 bits per heavy atom. The van der Waals surface area contributed by atoms with Crippen molar-refractivity contribution in [3.8, 4) is 0 Å². The molecular weight excluding hydrogens is 248 g/mol. The molecule has 0 atom stereocenters. The van der Waals surface area contributed by atoms with Crippen molar-refractivity contribution in [2.24, 2.45) is 0 Å². The molecule has 1 N–H and O–H groups in total. The molecule has 70 valence electrons. The average Bonchev–Trinajstić information content (AvgIpc) is 2.05. The van der Waals surface area contributed by atoms with Crippen molar-refractivity contribution in [1.82, 2.24) is 4.98 Å². The summed E-state index contributed by atoms with van der Waals surface area (Å²) in [7, 11) is 0. The van der Waals surface area contributed by atoms with Crippen LogP contribution in [0.4, 0.5) is 8.78 Å². The fraction of sp³-hybridized carbons (Fsp3) is 0.143. The van der Waals surface area contributed by atoms with E-state index in [1.807, 2.05) is 0 Å². The SMILES string of the molecule is O=C(O)Cc1c(F)cnc(Br)c1F. The van der Waals surface area contributed by atoms with Crippen molar-refractivity contribution in [2.45, 2.75) is 6.42 Å². The van der Waals surface area contributed by atoms with E-state index in [1.165, 1.54) is 0 Å². The summed E-state index contributed by atoms with van der Waals surface area (Å²) in [5.74, 6) is -3.22. The molecule has 0 fully saturated rings. The summed E-state index contributed by atoms with van der Waals surface area (Å²) in [5.41, 5.74) is -0.491. The molecule has 0 saturated heterocycles. The normalized spacial score (nSPS) is 10.1. The van der Waals surface area contributed by atoms with Crippen LogP contribution in [0.15, 0.2) is 10.8 Å². The Balaban J connectivity index is 3.17. The third-order valence-electron chi connectivity index (χ3n) is 1.35. The van der Waals surface area contributed by atoms with Crippen molar-refractivity contribution < 1.29 is 18.7 Å². The minimum atomic E-state index is -1.30. The second-order valence-corrected chi connectivity index (χ2v) is 3.01. The van der Waals surface area contributed by atoms with Gasteiger partial charge in [0.25, 0.3) is 0 Å².